The molecule has 0 saturated carbocycles. The molecule has 0 bridgehead atoms. The number of rotatable bonds is 4. The number of hydrogen-bond donors (Lipinski definition) is 1. The molecule has 3 fully saturated rings. The lowest BCUT2D eigenvalue weighted by Gasteiger charge is -2.34. The Bertz CT molecular complexity index is 716. The number of likely N-dealkylation sites (tertiary alicyclic amines) is 2. The average Bonchev–Trinajstić information content (AvgIpc) is 3.19. The Kier molecular flexibility index (Phi) is 5.19. The molecule has 146 valence electrons. The third-order valence-electron chi connectivity index (χ3n) is 6.46. The van der Waals surface area contributed by atoms with Crippen molar-refractivity contribution in [1.29, 1.82) is 0 Å². The Morgan fingerprint density at radius 3 is 2.59 bits per heavy atom. The summed E-state index contributed by atoms with van der Waals surface area (Å²) in [6, 6.07) is 8.35. The van der Waals surface area contributed by atoms with E-state index in [9.17, 15) is 9.59 Å². The molecule has 1 N–H and O–H groups in total. The number of benzene rings is 1. The highest BCUT2D eigenvalue weighted by Crippen LogP contribution is 2.46. The van der Waals surface area contributed by atoms with Crippen molar-refractivity contribution in [3.05, 3.63) is 35.4 Å². The highest BCUT2D eigenvalue weighted by atomic mass is 16.5. The van der Waals surface area contributed by atoms with Gasteiger partial charge in [0.2, 0.25) is 5.91 Å². The van der Waals surface area contributed by atoms with Gasteiger partial charge >= 0.3 is 5.97 Å². The van der Waals surface area contributed by atoms with Gasteiger partial charge in [-0.2, -0.15) is 0 Å². The molecule has 3 aliphatic heterocycles. The summed E-state index contributed by atoms with van der Waals surface area (Å²) in [4.78, 5) is 28.6. The second kappa shape index (κ2) is 7.60. The van der Waals surface area contributed by atoms with Crippen molar-refractivity contribution in [3.63, 3.8) is 0 Å². The van der Waals surface area contributed by atoms with Crippen LogP contribution >= 0.6 is 0 Å². The fourth-order valence-corrected chi connectivity index (χ4v) is 5.18. The van der Waals surface area contributed by atoms with Gasteiger partial charge in [-0.15, -0.1) is 0 Å². The van der Waals surface area contributed by atoms with E-state index in [1.165, 1.54) is 11.1 Å². The van der Waals surface area contributed by atoms with Gasteiger partial charge in [0.25, 0.3) is 0 Å². The maximum atomic E-state index is 13.3. The quantitative estimate of drug-likeness (QED) is 0.875. The van der Waals surface area contributed by atoms with Crippen LogP contribution in [-0.4, -0.2) is 66.2 Å². The number of hydrogen-bond acceptors (Lipinski definition) is 4. The van der Waals surface area contributed by atoms with Crippen molar-refractivity contribution in [1.82, 2.24) is 9.80 Å². The number of carboxylic acid groups (broad SMARTS) is 1. The summed E-state index contributed by atoms with van der Waals surface area (Å²) in [5.41, 5.74) is 2.41. The van der Waals surface area contributed by atoms with Crippen LogP contribution in [0.1, 0.15) is 30.0 Å². The zero-order valence-corrected chi connectivity index (χ0v) is 15.8. The molecule has 3 aliphatic rings. The van der Waals surface area contributed by atoms with Gasteiger partial charge in [-0.25, -0.2) is 0 Å². The predicted molar refractivity (Wildman–Crippen MR) is 100 cm³/mol. The first-order valence-corrected chi connectivity index (χ1v) is 9.92. The van der Waals surface area contributed by atoms with E-state index in [-0.39, 0.29) is 24.4 Å². The molecule has 3 saturated heterocycles. The van der Waals surface area contributed by atoms with Crippen molar-refractivity contribution in [2.45, 2.75) is 25.8 Å². The Morgan fingerprint density at radius 2 is 1.89 bits per heavy atom. The minimum atomic E-state index is -0.780. The molecule has 0 spiro atoms. The Balaban J connectivity index is 1.61. The molecule has 3 heterocycles. The van der Waals surface area contributed by atoms with Crippen LogP contribution in [0.2, 0.25) is 0 Å². The zero-order valence-electron chi connectivity index (χ0n) is 15.8. The van der Waals surface area contributed by atoms with E-state index >= 15 is 0 Å². The molecule has 1 aromatic carbocycles. The van der Waals surface area contributed by atoms with E-state index in [1.807, 2.05) is 17.0 Å². The third kappa shape index (κ3) is 3.60. The normalized spacial score (nSPS) is 29.1. The lowest BCUT2D eigenvalue weighted by molar-refractivity contribution is -0.141. The van der Waals surface area contributed by atoms with Crippen molar-refractivity contribution in [2.75, 3.05) is 39.4 Å². The summed E-state index contributed by atoms with van der Waals surface area (Å²) in [6.45, 7) is 5.75. The van der Waals surface area contributed by atoms with Crippen LogP contribution in [0.25, 0.3) is 0 Å². The number of amides is 1. The molecule has 0 aliphatic carbocycles. The summed E-state index contributed by atoms with van der Waals surface area (Å²) >= 11 is 0. The molecule has 4 rings (SSSR count). The molecule has 6 heteroatoms. The van der Waals surface area contributed by atoms with Crippen LogP contribution in [0, 0.1) is 24.7 Å². The predicted octanol–water partition coefficient (Wildman–Crippen LogP) is 1.94. The summed E-state index contributed by atoms with van der Waals surface area (Å²) in [5, 5.41) is 9.16. The fourth-order valence-electron chi connectivity index (χ4n) is 5.18. The van der Waals surface area contributed by atoms with E-state index in [2.05, 4.69) is 24.0 Å². The van der Waals surface area contributed by atoms with Crippen LogP contribution in [0.3, 0.4) is 0 Å². The zero-order chi connectivity index (χ0) is 19.0. The van der Waals surface area contributed by atoms with E-state index < -0.39 is 5.97 Å². The molecule has 0 unspecified atom stereocenters. The molecule has 0 radical (unpaired) electrons. The highest BCUT2D eigenvalue weighted by Gasteiger charge is 2.50. The van der Waals surface area contributed by atoms with Crippen molar-refractivity contribution >= 4 is 11.9 Å². The Morgan fingerprint density at radius 1 is 1.15 bits per heavy atom. The maximum absolute atomic E-state index is 13.3. The number of aryl methyl sites for hydroxylation is 1. The first kappa shape index (κ1) is 18.4. The van der Waals surface area contributed by atoms with Crippen LogP contribution in [0.15, 0.2) is 24.3 Å². The van der Waals surface area contributed by atoms with Crippen molar-refractivity contribution < 1.29 is 19.4 Å². The summed E-state index contributed by atoms with van der Waals surface area (Å²) in [6.07, 6.45) is 1.60. The topological polar surface area (TPSA) is 70.1 Å². The molecule has 3 atom stereocenters. The summed E-state index contributed by atoms with van der Waals surface area (Å²) < 4.78 is 5.44. The first-order valence-electron chi connectivity index (χ1n) is 9.92. The van der Waals surface area contributed by atoms with Gasteiger partial charge < -0.3 is 14.7 Å². The number of ether oxygens (including phenoxy) is 1. The van der Waals surface area contributed by atoms with Crippen LogP contribution in [0.4, 0.5) is 0 Å². The highest BCUT2D eigenvalue weighted by molar-refractivity contribution is 5.80. The van der Waals surface area contributed by atoms with Gasteiger partial charge in [0, 0.05) is 44.7 Å². The summed E-state index contributed by atoms with van der Waals surface area (Å²) in [7, 11) is 0. The molecular formula is C21H28N2O4. The SMILES string of the molecule is Cc1ccccc1[C@@H]1[C@H]2CN(CC(=O)O)C[C@H]2CN1C(=O)C1CCOCC1. The molecule has 1 amide bonds. The molecule has 0 aromatic heterocycles. The van der Waals surface area contributed by atoms with Gasteiger partial charge in [0.1, 0.15) is 0 Å². The van der Waals surface area contributed by atoms with Crippen LogP contribution < -0.4 is 0 Å². The smallest absolute Gasteiger partial charge is 0.317 e. The Labute approximate surface area is 160 Å². The van der Waals surface area contributed by atoms with E-state index in [0.29, 0.717) is 25.0 Å². The lowest BCUT2D eigenvalue weighted by Crippen LogP contribution is -2.41. The largest absolute Gasteiger partial charge is 0.480 e. The van der Waals surface area contributed by atoms with Crippen LogP contribution in [-0.2, 0) is 14.3 Å². The fraction of sp³-hybridized carbons (Fsp3) is 0.619. The van der Waals surface area contributed by atoms with Gasteiger partial charge in [0.15, 0.2) is 0 Å². The van der Waals surface area contributed by atoms with Gasteiger partial charge in [-0.1, -0.05) is 24.3 Å². The van der Waals surface area contributed by atoms with Crippen LogP contribution in [0.5, 0.6) is 0 Å². The van der Waals surface area contributed by atoms with E-state index in [1.54, 1.807) is 0 Å². The number of carbonyl (C=O) groups excluding carboxylic acids is 1. The number of carboxylic acids is 1. The Hall–Kier alpha value is -1.92. The van der Waals surface area contributed by atoms with Gasteiger partial charge in [-0.3, -0.25) is 14.5 Å². The first-order chi connectivity index (χ1) is 13.0. The molecule has 1 aromatic rings. The van der Waals surface area contributed by atoms with E-state index in [0.717, 1.165) is 32.5 Å². The number of fused-ring (bicyclic) bond motifs is 1. The van der Waals surface area contributed by atoms with Gasteiger partial charge in [0.05, 0.1) is 12.6 Å². The minimum Gasteiger partial charge on any atom is -0.480 e. The van der Waals surface area contributed by atoms with Crippen molar-refractivity contribution in [3.8, 4) is 0 Å². The molecule has 6 nitrogen and oxygen atoms in total. The monoisotopic (exact) mass is 372 g/mol. The minimum absolute atomic E-state index is 0.0466. The second-order valence-corrected chi connectivity index (χ2v) is 8.19. The number of aliphatic carboxylic acids is 1. The second-order valence-electron chi connectivity index (χ2n) is 8.19. The third-order valence-corrected chi connectivity index (χ3v) is 6.46. The summed E-state index contributed by atoms with van der Waals surface area (Å²) in [5.74, 6) is 0.175. The molecular weight excluding hydrogens is 344 g/mol. The number of nitrogens with zero attached hydrogens (tertiary/aromatic N) is 2. The maximum Gasteiger partial charge on any atom is 0.317 e. The average molecular weight is 372 g/mol. The number of carbonyl (C=O) groups is 2. The standard InChI is InChI=1S/C21H28N2O4/c1-14-4-2-3-5-17(14)20-18-12-22(13-19(24)25)10-16(18)11-23(20)21(26)15-6-8-27-9-7-15/h2-5,15-16,18,20H,6-13H2,1H3,(H,24,25)/t16-,18-,20+/m0/s1. The lowest BCUT2D eigenvalue weighted by atomic mass is 9.87. The molecule has 27 heavy (non-hydrogen) atoms. The van der Waals surface area contributed by atoms with Gasteiger partial charge in [-0.05, 0) is 36.8 Å². The van der Waals surface area contributed by atoms with E-state index in [4.69, 9.17) is 9.84 Å². The van der Waals surface area contributed by atoms with Crippen molar-refractivity contribution in [2.24, 2.45) is 17.8 Å².